The third-order valence-corrected chi connectivity index (χ3v) is 3.75. The van der Waals surface area contributed by atoms with E-state index in [-0.39, 0.29) is 29.6 Å². The number of aliphatic carboxylic acids is 1. The predicted octanol–water partition coefficient (Wildman–Crippen LogP) is -3.10. The monoisotopic (exact) mass is 352 g/mol. The van der Waals surface area contributed by atoms with Crippen LogP contribution in [0.15, 0.2) is 12.2 Å². The Labute approximate surface area is 168 Å². The van der Waals surface area contributed by atoms with E-state index in [4.69, 9.17) is 0 Å². The number of hydrogen-bond acceptors (Lipinski definition) is 6. The second-order valence-electron chi connectivity index (χ2n) is 5.89. The van der Waals surface area contributed by atoms with Crippen molar-refractivity contribution >= 4 is 5.97 Å². The molecule has 0 amide bonds. The van der Waals surface area contributed by atoms with Crippen LogP contribution in [0, 0.1) is 0 Å². The summed E-state index contributed by atoms with van der Waals surface area (Å²) in [5.41, 5.74) is 0. The van der Waals surface area contributed by atoms with Crippen molar-refractivity contribution in [2.24, 2.45) is 0 Å². The first-order chi connectivity index (χ1) is 10.9. The number of aliphatic hydroxyl groups is 2. The fraction of sp³-hybridized carbons (Fsp3) is 0.824. The molecular weight excluding hydrogens is 319 g/mol. The predicted molar refractivity (Wildman–Crippen MR) is 89.9 cm³/mol. The largest absolute Gasteiger partial charge is 1.00 e. The molecule has 0 bridgehead atoms. The molecule has 0 heterocycles. The molecule has 0 fully saturated rings. The summed E-state index contributed by atoms with van der Waals surface area (Å²) in [7, 11) is 0. The van der Waals surface area contributed by atoms with E-state index in [1.54, 1.807) is 17.9 Å². The van der Waals surface area contributed by atoms with Gasteiger partial charge >= 0.3 is 29.6 Å². The molecule has 0 aliphatic rings. The number of nitrogens with zero attached hydrogens (tertiary/aromatic N) is 1. The molecule has 3 atom stereocenters. The average Bonchev–Trinajstić information content (AvgIpc) is 2.52. The van der Waals surface area contributed by atoms with Gasteiger partial charge in [0.1, 0.15) is 0 Å². The average molecular weight is 352 g/mol. The van der Waals surface area contributed by atoms with Crippen LogP contribution in [-0.4, -0.2) is 65.5 Å². The van der Waals surface area contributed by atoms with E-state index in [2.05, 4.69) is 12.2 Å². The maximum Gasteiger partial charge on any atom is 1.00 e. The Morgan fingerprint density at radius 3 is 2.54 bits per heavy atom. The zero-order valence-electron chi connectivity index (χ0n) is 15.7. The van der Waals surface area contributed by atoms with Gasteiger partial charge in [-0.2, -0.15) is 0 Å². The van der Waals surface area contributed by atoms with Crippen molar-refractivity contribution in [2.75, 3.05) is 26.2 Å². The van der Waals surface area contributed by atoms with E-state index in [0.717, 1.165) is 19.3 Å². The Kier molecular flexibility index (Phi) is 18.1. The molecule has 0 aliphatic heterocycles. The Balaban J connectivity index is 0. The Morgan fingerprint density at radius 1 is 1.33 bits per heavy atom. The summed E-state index contributed by atoms with van der Waals surface area (Å²) >= 11 is 0. The van der Waals surface area contributed by atoms with Crippen molar-refractivity contribution in [2.45, 2.75) is 64.7 Å². The van der Waals surface area contributed by atoms with E-state index >= 15 is 0 Å². The first-order valence-corrected chi connectivity index (χ1v) is 8.60. The van der Waals surface area contributed by atoms with Gasteiger partial charge in [-0.15, -0.1) is 0 Å². The summed E-state index contributed by atoms with van der Waals surface area (Å²) in [5.74, 6) is -1.14. The van der Waals surface area contributed by atoms with Gasteiger partial charge in [0.15, 0.2) is 0 Å². The van der Waals surface area contributed by atoms with Crippen LogP contribution in [0.25, 0.3) is 0 Å². The van der Waals surface area contributed by atoms with Gasteiger partial charge < -0.3 is 25.4 Å². The molecule has 3 unspecified atom stereocenters. The van der Waals surface area contributed by atoms with E-state index < -0.39 is 24.2 Å². The Morgan fingerprint density at radius 2 is 2.00 bits per heavy atom. The summed E-state index contributed by atoms with van der Waals surface area (Å²) in [6.07, 6.45) is 6.03. The standard InChI is InChI=1S/C17H34N2O4.Na/c1-4-6-8-15(20)12-18-10-11-19(14(3)17(22)23)13-16(21)9-7-5-2;/h6,8,14-16,18,20-21H,4-5,7,9-13H2,1-3H3,(H,22,23);/q;+1/p-1/b8-6+;. The van der Waals surface area contributed by atoms with Crippen LogP contribution in [0.5, 0.6) is 0 Å². The van der Waals surface area contributed by atoms with Crippen LogP contribution in [0.3, 0.4) is 0 Å². The molecule has 0 saturated heterocycles. The second kappa shape index (κ2) is 16.5. The van der Waals surface area contributed by atoms with Crippen LogP contribution >= 0.6 is 0 Å². The molecule has 0 saturated carbocycles. The third kappa shape index (κ3) is 13.4. The van der Waals surface area contributed by atoms with Gasteiger partial charge in [-0.25, -0.2) is 0 Å². The number of carbonyl (C=O) groups is 1. The minimum Gasteiger partial charge on any atom is -0.548 e. The second-order valence-corrected chi connectivity index (χ2v) is 5.89. The van der Waals surface area contributed by atoms with Crippen LogP contribution in [0.4, 0.5) is 0 Å². The van der Waals surface area contributed by atoms with Gasteiger partial charge in [-0.05, 0) is 19.8 Å². The summed E-state index contributed by atoms with van der Waals surface area (Å²) < 4.78 is 0. The van der Waals surface area contributed by atoms with E-state index in [1.165, 1.54) is 0 Å². The molecule has 6 nitrogen and oxygen atoms in total. The zero-order valence-corrected chi connectivity index (χ0v) is 17.7. The first kappa shape index (κ1) is 26.3. The molecule has 0 aromatic carbocycles. The van der Waals surface area contributed by atoms with E-state index in [1.807, 2.05) is 13.0 Å². The molecule has 7 heteroatoms. The Bertz CT molecular complexity index is 343. The zero-order chi connectivity index (χ0) is 17.7. The molecule has 0 aliphatic carbocycles. The van der Waals surface area contributed by atoms with Crippen LogP contribution in [-0.2, 0) is 4.79 Å². The van der Waals surface area contributed by atoms with Crippen molar-refractivity contribution in [1.29, 1.82) is 0 Å². The maximum absolute atomic E-state index is 11.1. The summed E-state index contributed by atoms with van der Waals surface area (Å²) in [6, 6.07) is -0.752. The number of hydrogen-bond donors (Lipinski definition) is 3. The molecule has 0 aromatic heterocycles. The fourth-order valence-electron chi connectivity index (χ4n) is 2.23. The van der Waals surface area contributed by atoms with Crippen LogP contribution < -0.4 is 40.0 Å². The van der Waals surface area contributed by atoms with Crippen molar-refractivity contribution < 1.29 is 49.7 Å². The van der Waals surface area contributed by atoms with Crippen molar-refractivity contribution in [3.8, 4) is 0 Å². The number of carboxylic acids is 1. The molecule has 0 aromatic rings. The summed E-state index contributed by atoms with van der Waals surface area (Å²) in [5, 5.41) is 33.9. The Hall–Kier alpha value is 0.0500. The minimum absolute atomic E-state index is 0. The van der Waals surface area contributed by atoms with Gasteiger partial charge in [-0.3, -0.25) is 4.90 Å². The smallest absolute Gasteiger partial charge is 0.548 e. The fourth-order valence-corrected chi connectivity index (χ4v) is 2.23. The number of unbranched alkanes of at least 4 members (excludes halogenated alkanes) is 1. The molecule has 0 rings (SSSR count). The number of allylic oxidation sites excluding steroid dienone is 1. The minimum atomic E-state index is -1.14. The molecular formula is C17H33N2NaO4. The number of rotatable bonds is 14. The van der Waals surface area contributed by atoms with Gasteiger partial charge in [0.2, 0.25) is 0 Å². The first-order valence-electron chi connectivity index (χ1n) is 8.60. The van der Waals surface area contributed by atoms with Crippen molar-refractivity contribution in [3.05, 3.63) is 12.2 Å². The molecule has 3 N–H and O–H groups in total. The van der Waals surface area contributed by atoms with Gasteiger partial charge in [0.05, 0.1) is 18.2 Å². The molecule has 0 spiro atoms. The number of aliphatic hydroxyl groups excluding tert-OH is 2. The topological polar surface area (TPSA) is 95.9 Å². The van der Waals surface area contributed by atoms with Crippen LogP contribution in [0.2, 0.25) is 0 Å². The molecule has 136 valence electrons. The van der Waals surface area contributed by atoms with E-state index in [9.17, 15) is 20.1 Å². The van der Waals surface area contributed by atoms with Gasteiger partial charge in [-0.1, -0.05) is 38.8 Å². The van der Waals surface area contributed by atoms with Crippen molar-refractivity contribution in [3.63, 3.8) is 0 Å². The summed E-state index contributed by atoms with van der Waals surface area (Å²) in [4.78, 5) is 12.8. The molecule has 0 radical (unpaired) electrons. The third-order valence-electron chi connectivity index (χ3n) is 3.75. The van der Waals surface area contributed by atoms with Crippen molar-refractivity contribution in [1.82, 2.24) is 10.2 Å². The summed E-state index contributed by atoms with van der Waals surface area (Å²) in [6.45, 7) is 7.37. The van der Waals surface area contributed by atoms with Gasteiger partial charge in [0, 0.05) is 32.2 Å². The molecule has 24 heavy (non-hydrogen) atoms. The van der Waals surface area contributed by atoms with Crippen LogP contribution in [0.1, 0.15) is 46.5 Å². The number of carboxylic acid groups (broad SMARTS) is 1. The number of carbonyl (C=O) groups excluding carboxylic acids is 1. The van der Waals surface area contributed by atoms with E-state index in [0.29, 0.717) is 32.6 Å². The maximum atomic E-state index is 11.1. The quantitative estimate of drug-likeness (QED) is 0.174. The SMILES string of the molecule is CC/C=C/C(O)CNCCN(CC(O)CCCC)C(C)C(=O)[O-].[Na+]. The normalized spacial score (nSPS) is 15.2. The number of nitrogens with one attached hydrogen (secondary N) is 1. The van der Waals surface area contributed by atoms with Gasteiger partial charge in [0.25, 0.3) is 0 Å².